The van der Waals surface area contributed by atoms with E-state index < -0.39 is 0 Å². The van der Waals surface area contributed by atoms with Crippen LogP contribution >= 0.6 is 11.8 Å². The summed E-state index contributed by atoms with van der Waals surface area (Å²) in [5, 5.41) is 7.47. The number of nitrogens with one attached hydrogen (secondary N) is 2. The third kappa shape index (κ3) is 3.26. The lowest BCUT2D eigenvalue weighted by Crippen LogP contribution is -2.42. The highest BCUT2D eigenvalue weighted by molar-refractivity contribution is 7.99. The van der Waals surface area contributed by atoms with Crippen LogP contribution in [0.3, 0.4) is 0 Å². The minimum absolute atomic E-state index is 0.0276. The number of hydrogen-bond donors (Lipinski definition) is 2. The molecule has 29 heavy (non-hydrogen) atoms. The van der Waals surface area contributed by atoms with E-state index in [9.17, 15) is 4.79 Å². The quantitative estimate of drug-likeness (QED) is 0.638. The van der Waals surface area contributed by atoms with E-state index in [1.807, 2.05) is 6.07 Å². The number of nitrogens with zero attached hydrogens (tertiary/aromatic N) is 4. The van der Waals surface area contributed by atoms with Gasteiger partial charge in [0.15, 0.2) is 0 Å². The SMILES string of the molecule is CC1(C)NCCc2cc(Nc3ncc4c(n3)SCN(c3ncco3)C4=O)ccc21. The van der Waals surface area contributed by atoms with Gasteiger partial charge in [-0.25, -0.2) is 15.0 Å². The first-order valence-electron chi connectivity index (χ1n) is 9.38. The molecule has 1 aromatic carbocycles. The second kappa shape index (κ2) is 6.85. The Hall–Kier alpha value is -2.91. The zero-order valence-electron chi connectivity index (χ0n) is 16.1. The Morgan fingerprint density at radius 1 is 1.31 bits per heavy atom. The molecule has 2 N–H and O–H groups in total. The average molecular weight is 408 g/mol. The summed E-state index contributed by atoms with van der Waals surface area (Å²) in [5.74, 6) is 0.655. The van der Waals surface area contributed by atoms with Crippen molar-refractivity contribution in [1.82, 2.24) is 20.3 Å². The second-order valence-corrected chi connectivity index (χ2v) is 8.47. The van der Waals surface area contributed by atoms with E-state index >= 15 is 0 Å². The Bertz CT molecular complexity index is 1080. The van der Waals surface area contributed by atoms with Crippen LogP contribution in [0, 0.1) is 0 Å². The van der Waals surface area contributed by atoms with E-state index in [0.717, 1.165) is 18.7 Å². The maximum absolute atomic E-state index is 12.7. The number of oxazole rings is 1. The van der Waals surface area contributed by atoms with Crippen molar-refractivity contribution in [3.63, 3.8) is 0 Å². The van der Waals surface area contributed by atoms with Crippen molar-refractivity contribution in [3.05, 3.63) is 53.5 Å². The van der Waals surface area contributed by atoms with Gasteiger partial charge < -0.3 is 15.1 Å². The van der Waals surface area contributed by atoms with Crippen LogP contribution in [0.4, 0.5) is 17.7 Å². The fourth-order valence-electron chi connectivity index (χ4n) is 3.73. The van der Waals surface area contributed by atoms with E-state index in [0.29, 0.717) is 22.4 Å². The van der Waals surface area contributed by atoms with Gasteiger partial charge in [0.2, 0.25) is 5.95 Å². The van der Waals surface area contributed by atoms with Gasteiger partial charge in [-0.2, -0.15) is 0 Å². The van der Waals surface area contributed by atoms with Gasteiger partial charge in [-0.1, -0.05) is 17.8 Å². The van der Waals surface area contributed by atoms with Crippen molar-refractivity contribution in [1.29, 1.82) is 0 Å². The molecular weight excluding hydrogens is 388 g/mol. The summed E-state index contributed by atoms with van der Waals surface area (Å²) in [6.45, 7) is 5.35. The predicted octanol–water partition coefficient (Wildman–Crippen LogP) is 3.30. The normalized spacial score (nSPS) is 17.6. The fraction of sp³-hybridized carbons (Fsp3) is 0.300. The van der Waals surface area contributed by atoms with E-state index in [4.69, 9.17) is 4.42 Å². The topological polar surface area (TPSA) is 96.2 Å². The zero-order valence-corrected chi connectivity index (χ0v) is 16.9. The molecule has 5 rings (SSSR count). The fourth-order valence-corrected chi connectivity index (χ4v) is 4.65. The molecular formula is C20H20N6O2S. The lowest BCUT2D eigenvalue weighted by atomic mass is 9.85. The molecule has 0 spiro atoms. The summed E-state index contributed by atoms with van der Waals surface area (Å²) in [7, 11) is 0. The number of thioether (sulfide) groups is 1. The third-order valence-electron chi connectivity index (χ3n) is 5.21. The summed E-state index contributed by atoms with van der Waals surface area (Å²) < 4.78 is 5.24. The van der Waals surface area contributed by atoms with E-state index in [-0.39, 0.29) is 17.5 Å². The Labute approximate surface area is 172 Å². The van der Waals surface area contributed by atoms with Crippen molar-refractivity contribution in [3.8, 4) is 0 Å². The largest absolute Gasteiger partial charge is 0.432 e. The first-order chi connectivity index (χ1) is 14.0. The zero-order chi connectivity index (χ0) is 20.0. The predicted molar refractivity (Wildman–Crippen MR) is 111 cm³/mol. The van der Waals surface area contributed by atoms with Crippen LogP contribution in [0.15, 0.2) is 46.3 Å². The van der Waals surface area contributed by atoms with Gasteiger partial charge in [0.05, 0.1) is 17.6 Å². The number of amides is 1. The number of hydrogen-bond acceptors (Lipinski definition) is 8. The van der Waals surface area contributed by atoms with Crippen molar-refractivity contribution >= 4 is 35.3 Å². The van der Waals surface area contributed by atoms with Crippen LogP contribution in [0.1, 0.15) is 35.3 Å². The second-order valence-electron chi connectivity index (χ2n) is 7.53. The lowest BCUT2D eigenvalue weighted by molar-refractivity contribution is 0.0980. The molecule has 0 bridgehead atoms. The molecule has 0 aliphatic carbocycles. The van der Waals surface area contributed by atoms with Crippen LogP contribution in [0.25, 0.3) is 0 Å². The minimum atomic E-state index is -0.212. The summed E-state index contributed by atoms with van der Waals surface area (Å²) >= 11 is 1.45. The van der Waals surface area contributed by atoms with E-state index in [1.54, 1.807) is 6.20 Å². The molecule has 0 saturated carbocycles. The maximum atomic E-state index is 12.7. The number of aromatic nitrogens is 3. The molecule has 1 amide bonds. The molecule has 2 aromatic heterocycles. The molecule has 4 heterocycles. The summed E-state index contributed by atoms with van der Waals surface area (Å²) in [4.78, 5) is 27.1. The molecule has 0 saturated heterocycles. The molecule has 0 radical (unpaired) electrons. The highest BCUT2D eigenvalue weighted by Gasteiger charge is 2.30. The first kappa shape index (κ1) is 18.1. The Kier molecular flexibility index (Phi) is 4.29. The smallest absolute Gasteiger partial charge is 0.305 e. The molecule has 8 nitrogen and oxygen atoms in total. The molecule has 148 valence electrons. The number of benzene rings is 1. The summed E-state index contributed by atoms with van der Waals surface area (Å²) in [6.07, 6.45) is 5.50. The number of carbonyl (C=O) groups excluding carboxylic acids is 1. The number of rotatable bonds is 3. The third-order valence-corrected chi connectivity index (χ3v) is 6.18. The first-order valence-corrected chi connectivity index (χ1v) is 10.4. The standard InChI is InChI=1S/C20H20N6O2S/c1-20(2)15-4-3-13(9-12(15)5-6-23-20)24-18-22-10-14-16(25-18)29-11-26(17(14)27)19-21-7-8-28-19/h3-4,7-10,23H,5-6,11H2,1-2H3,(H,22,24,25). The highest BCUT2D eigenvalue weighted by Crippen LogP contribution is 2.33. The van der Waals surface area contributed by atoms with Gasteiger partial charge in [-0.15, -0.1) is 0 Å². The van der Waals surface area contributed by atoms with Gasteiger partial charge >= 0.3 is 6.01 Å². The minimum Gasteiger partial charge on any atom is -0.432 e. The van der Waals surface area contributed by atoms with Crippen LogP contribution in [-0.2, 0) is 12.0 Å². The number of fused-ring (bicyclic) bond motifs is 2. The van der Waals surface area contributed by atoms with Gasteiger partial charge in [0, 0.05) is 17.4 Å². The molecule has 3 aromatic rings. The van der Waals surface area contributed by atoms with Crippen LogP contribution < -0.4 is 15.5 Å². The van der Waals surface area contributed by atoms with Gasteiger partial charge in [0.1, 0.15) is 11.3 Å². The van der Waals surface area contributed by atoms with Crippen LogP contribution in [0.5, 0.6) is 0 Å². The highest BCUT2D eigenvalue weighted by atomic mass is 32.2. The van der Waals surface area contributed by atoms with E-state index in [1.165, 1.54) is 40.2 Å². The Balaban J connectivity index is 1.38. The molecule has 0 unspecified atom stereocenters. The van der Waals surface area contributed by atoms with Crippen LogP contribution in [-0.4, -0.2) is 33.3 Å². The molecule has 0 atom stereocenters. The summed E-state index contributed by atoms with van der Waals surface area (Å²) in [6, 6.07) is 6.62. The van der Waals surface area contributed by atoms with Crippen molar-refractivity contribution < 1.29 is 9.21 Å². The van der Waals surface area contributed by atoms with Gasteiger partial charge in [0.25, 0.3) is 5.91 Å². The monoisotopic (exact) mass is 408 g/mol. The molecule has 0 fully saturated rings. The average Bonchev–Trinajstić information content (AvgIpc) is 3.22. The number of carbonyl (C=O) groups is 1. The molecule has 2 aliphatic heterocycles. The molecule has 2 aliphatic rings. The van der Waals surface area contributed by atoms with Crippen LogP contribution in [0.2, 0.25) is 0 Å². The lowest BCUT2D eigenvalue weighted by Gasteiger charge is -2.34. The van der Waals surface area contributed by atoms with Crippen molar-refractivity contribution in [2.24, 2.45) is 0 Å². The van der Waals surface area contributed by atoms with Crippen molar-refractivity contribution in [2.75, 3.05) is 22.6 Å². The number of anilines is 3. The Morgan fingerprint density at radius 3 is 3.03 bits per heavy atom. The van der Waals surface area contributed by atoms with Crippen molar-refractivity contribution in [2.45, 2.75) is 30.8 Å². The maximum Gasteiger partial charge on any atom is 0.305 e. The van der Waals surface area contributed by atoms with Gasteiger partial charge in [-0.05, 0) is 50.1 Å². The summed E-state index contributed by atoms with van der Waals surface area (Å²) in [5.41, 5.74) is 4.00. The Morgan fingerprint density at radius 2 is 2.21 bits per heavy atom. The van der Waals surface area contributed by atoms with E-state index in [2.05, 4.69) is 51.6 Å². The molecule has 9 heteroatoms. The van der Waals surface area contributed by atoms with Gasteiger partial charge in [-0.3, -0.25) is 9.69 Å².